The lowest BCUT2D eigenvalue weighted by Crippen LogP contribution is -2.55. The summed E-state index contributed by atoms with van der Waals surface area (Å²) >= 11 is 0. The zero-order chi connectivity index (χ0) is 26.2. The van der Waals surface area contributed by atoms with E-state index in [9.17, 15) is 17.6 Å². The fraction of sp³-hybridized carbons (Fsp3) is 0.500. The van der Waals surface area contributed by atoms with E-state index in [2.05, 4.69) is 36.0 Å². The maximum atomic E-state index is 13.0. The van der Waals surface area contributed by atoms with Gasteiger partial charge in [-0.3, -0.25) is 4.90 Å². The number of fused-ring (bicyclic) bond motifs is 2. The Kier molecular flexibility index (Phi) is 6.81. The van der Waals surface area contributed by atoms with Gasteiger partial charge in [0.15, 0.2) is 11.5 Å². The molecule has 0 amide bonds. The molecule has 2 aliphatic rings. The number of piperidine rings is 1. The van der Waals surface area contributed by atoms with Crippen LogP contribution >= 0.6 is 0 Å². The van der Waals surface area contributed by atoms with E-state index in [1.807, 2.05) is 4.90 Å². The topological polar surface area (TPSA) is 110 Å². The van der Waals surface area contributed by atoms with E-state index < -0.39 is 12.5 Å². The zero-order valence-corrected chi connectivity index (χ0v) is 20.2. The zero-order valence-electron chi connectivity index (χ0n) is 20.2. The Morgan fingerprint density at radius 1 is 1.11 bits per heavy atom. The van der Waals surface area contributed by atoms with E-state index in [1.54, 1.807) is 43.0 Å². The molecule has 0 radical (unpaired) electrons. The van der Waals surface area contributed by atoms with Crippen LogP contribution in [0.25, 0.3) is 27.9 Å². The minimum atomic E-state index is -2.81. The number of pyridine rings is 1. The van der Waals surface area contributed by atoms with E-state index in [0.29, 0.717) is 58.4 Å². The number of anilines is 2. The molecule has 2 N–H and O–H groups in total. The number of nitrogens with zero attached hydrogens (tertiary/aromatic N) is 8. The lowest BCUT2D eigenvalue weighted by atomic mass is 10.0. The Hall–Kier alpha value is -3.59. The molecule has 4 aromatic rings. The van der Waals surface area contributed by atoms with Crippen LogP contribution in [0.5, 0.6) is 0 Å². The molecule has 0 aliphatic carbocycles. The summed E-state index contributed by atoms with van der Waals surface area (Å²) in [6.45, 7) is -0.801. The molecule has 6 heterocycles. The van der Waals surface area contributed by atoms with Crippen LogP contribution in [-0.4, -0.2) is 91.8 Å². The van der Waals surface area contributed by atoms with Gasteiger partial charge in [0.05, 0.1) is 31.5 Å². The second-order valence-electron chi connectivity index (χ2n) is 8.78. The molecule has 0 unspecified atom stereocenters. The van der Waals surface area contributed by atoms with Crippen LogP contribution in [0.3, 0.4) is 0 Å². The van der Waals surface area contributed by atoms with Crippen LogP contribution < -0.4 is 10.6 Å². The van der Waals surface area contributed by atoms with Crippen molar-refractivity contribution in [2.45, 2.75) is 31.4 Å². The highest BCUT2D eigenvalue weighted by Crippen LogP contribution is 2.31. The van der Waals surface area contributed by atoms with E-state index in [4.69, 9.17) is 4.74 Å². The molecule has 0 aromatic carbocycles. The minimum Gasteiger partial charge on any atom is -0.378 e. The summed E-state index contributed by atoms with van der Waals surface area (Å²) in [5, 5.41) is 17.4. The monoisotopic (exact) mass is 522 g/mol. The fourth-order valence-corrected chi connectivity index (χ4v) is 4.36. The van der Waals surface area contributed by atoms with Crippen molar-refractivity contribution in [1.82, 2.24) is 39.5 Å². The van der Waals surface area contributed by atoms with Crippen molar-refractivity contribution in [1.29, 1.82) is 0 Å². The number of halogens is 4. The van der Waals surface area contributed by atoms with Crippen molar-refractivity contribution in [2.75, 3.05) is 51.0 Å². The molecular weight excluding hydrogens is 496 g/mol. The summed E-state index contributed by atoms with van der Waals surface area (Å²) in [6.07, 6.45) is 2.42. The summed E-state index contributed by atoms with van der Waals surface area (Å²) in [5.41, 5.74) is 2.21. The number of hydrogen-bond donors (Lipinski definition) is 2. The molecule has 0 saturated carbocycles. The molecule has 2 fully saturated rings. The summed E-state index contributed by atoms with van der Waals surface area (Å²) < 4.78 is 59.0. The van der Waals surface area contributed by atoms with Crippen LogP contribution in [0, 0.1) is 0 Å². The highest BCUT2D eigenvalue weighted by Gasteiger charge is 2.39. The second kappa shape index (κ2) is 10.0. The highest BCUT2D eigenvalue weighted by atomic mass is 19.3. The van der Waals surface area contributed by atoms with Gasteiger partial charge in [-0.05, 0) is 31.2 Å². The molecule has 15 heteroatoms. The predicted molar refractivity (Wildman–Crippen MR) is 128 cm³/mol. The third-order valence-corrected chi connectivity index (χ3v) is 6.31. The second-order valence-corrected chi connectivity index (χ2v) is 8.78. The molecule has 0 spiro atoms. The summed E-state index contributed by atoms with van der Waals surface area (Å²) in [5.74, 6) is -1.43. The van der Waals surface area contributed by atoms with Gasteiger partial charge >= 0.3 is 6.55 Å². The van der Waals surface area contributed by atoms with Gasteiger partial charge in [-0.2, -0.15) is 18.4 Å². The summed E-state index contributed by atoms with van der Waals surface area (Å²) in [4.78, 5) is 10.5. The van der Waals surface area contributed by atoms with Gasteiger partial charge in [0, 0.05) is 32.3 Å². The first kappa shape index (κ1) is 25.1. The Balaban J connectivity index is 0.000000195. The minimum absolute atomic E-state index is 0.0191. The van der Waals surface area contributed by atoms with Crippen molar-refractivity contribution >= 4 is 28.4 Å². The van der Waals surface area contributed by atoms with Gasteiger partial charge in [-0.1, -0.05) is 5.21 Å². The first-order valence-corrected chi connectivity index (χ1v) is 11.7. The number of aromatic nitrogens is 7. The standard InChI is InChI=1S/C14H13F2N9.C8H13F2NO/c1-17-11-10-7(5-6-24(10)22-14(18-2)20-11)8-3-4-9-12(19-8)25(13(15)16)23-21-9;9-8(10)2-1-3-11(6-8)7-4-12-5-7/h3-6,13H,1-2H3,(H2,17,18,20,22);7H,1-6H2. The van der Waals surface area contributed by atoms with Gasteiger partial charge in [0.1, 0.15) is 11.0 Å². The first-order chi connectivity index (χ1) is 17.8. The number of ether oxygens (including phenoxy) is 1. The Bertz CT molecular complexity index is 1390. The molecule has 2 saturated heterocycles. The van der Waals surface area contributed by atoms with Crippen molar-refractivity contribution in [3.8, 4) is 11.3 Å². The van der Waals surface area contributed by atoms with Crippen LogP contribution in [0.4, 0.5) is 29.3 Å². The van der Waals surface area contributed by atoms with Crippen LogP contribution in [0.2, 0.25) is 0 Å². The quantitative estimate of drug-likeness (QED) is 0.382. The van der Waals surface area contributed by atoms with Crippen LogP contribution in [-0.2, 0) is 4.74 Å². The van der Waals surface area contributed by atoms with Gasteiger partial charge in [-0.15, -0.1) is 10.2 Å². The molecule has 0 bridgehead atoms. The van der Waals surface area contributed by atoms with E-state index in [-0.39, 0.29) is 24.7 Å². The molecule has 37 heavy (non-hydrogen) atoms. The number of likely N-dealkylation sites (tertiary alicyclic amines) is 1. The molecule has 0 atom stereocenters. The molecular formula is C22H26F4N10O. The van der Waals surface area contributed by atoms with E-state index in [0.717, 1.165) is 6.54 Å². The smallest absolute Gasteiger partial charge is 0.336 e. The van der Waals surface area contributed by atoms with E-state index in [1.165, 1.54) is 0 Å². The number of hydrogen-bond acceptors (Lipinski definition) is 9. The van der Waals surface area contributed by atoms with Gasteiger partial charge < -0.3 is 15.4 Å². The van der Waals surface area contributed by atoms with Crippen molar-refractivity contribution in [3.63, 3.8) is 0 Å². The molecule has 198 valence electrons. The number of alkyl halides is 4. The summed E-state index contributed by atoms with van der Waals surface area (Å²) in [7, 11) is 3.46. The first-order valence-electron chi connectivity index (χ1n) is 11.7. The average molecular weight is 523 g/mol. The molecule has 4 aromatic heterocycles. The van der Waals surface area contributed by atoms with Gasteiger partial charge in [0.2, 0.25) is 5.95 Å². The Morgan fingerprint density at radius 2 is 1.92 bits per heavy atom. The maximum absolute atomic E-state index is 13.0. The van der Waals surface area contributed by atoms with Crippen LogP contribution in [0.1, 0.15) is 19.4 Å². The van der Waals surface area contributed by atoms with Crippen molar-refractivity contribution in [3.05, 3.63) is 24.4 Å². The Labute approximate surface area is 208 Å². The third kappa shape index (κ3) is 5.00. The van der Waals surface area contributed by atoms with Gasteiger partial charge in [-0.25, -0.2) is 18.3 Å². The van der Waals surface area contributed by atoms with Crippen LogP contribution in [0.15, 0.2) is 24.4 Å². The molecule has 11 nitrogen and oxygen atoms in total. The lowest BCUT2D eigenvalue weighted by molar-refractivity contribution is -0.126. The third-order valence-electron chi connectivity index (χ3n) is 6.31. The average Bonchev–Trinajstić information content (AvgIpc) is 3.46. The normalized spacial score (nSPS) is 18.0. The number of nitrogens with one attached hydrogen (secondary N) is 2. The molecule has 2 aliphatic heterocycles. The fourth-order valence-electron chi connectivity index (χ4n) is 4.36. The summed E-state index contributed by atoms with van der Waals surface area (Å²) in [6, 6.07) is 5.37. The number of rotatable bonds is 5. The molecule has 6 rings (SSSR count). The SMILES string of the molecule is CNc1nc(NC)c2c(-c3ccc4nnn(C(F)F)c4n3)ccn2n1.FC1(F)CCCN(C2COC2)C1. The lowest BCUT2D eigenvalue weighted by Gasteiger charge is -2.41. The largest absolute Gasteiger partial charge is 0.378 e. The Morgan fingerprint density at radius 3 is 2.57 bits per heavy atom. The van der Waals surface area contributed by atoms with Crippen molar-refractivity contribution < 1.29 is 22.3 Å². The van der Waals surface area contributed by atoms with Gasteiger partial charge in [0.25, 0.3) is 5.92 Å². The highest BCUT2D eigenvalue weighted by molar-refractivity contribution is 5.89. The van der Waals surface area contributed by atoms with Crippen molar-refractivity contribution in [2.24, 2.45) is 0 Å². The van der Waals surface area contributed by atoms with E-state index >= 15 is 0 Å². The maximum Gasteiger partial charge on any atom is 0.336 e. The predicted octanol–water partition coefficient (Wildman–Crippen LogP) is 3.13.